The van der Waals surface area contributed by atoms with Gasteiger partial charge in [-0.2, -0.15) is 0 Å². The maximum absolute atomic E-state index is 12.4. The van der Waals surface area contributed by atoms with E-state index in [4.69, 9.17) is 16.2 Å². The third-order valence-corrected chi connectivity index (χ3v) is 5.75. The van der Waals surface area contributed by atoms with Crippen LogP contribution in [0.5, 0.6) is 0 Å². The Morgan fingerprint density at radius 3 is 2.69 bits per heavy atom. The van der Waals surface area contributed by atoms with Crippen molar-refractivity contribution in [2.24, 2.45) is 0 Å². The van der Waals surface area contributed by atoms with Crippen LogP contribution in [0.1, 0.15) is 20.9 Å². The van der Waals surface area contributed by atoms with Gasteiger partial charge < -0.3 is 10.1 Å². The number of amides is 1. The number of halogens is 1. The van der Waals surface area contributed by atoms with E-state index in [0.717, 1.165) is 32.6 Å². The summed E-state index contributed by atoms with van der Waals surface area (Å²) in [7, 11) is 1.49. The second-order valence-electron chi connectivity index (χ2n) is 5.62. The summed E-state index contributed by atoms with van der Waals surface area (Å²) in [6.45, 7) is 3.79. The molecule has 0 aliphatic rings. The van der Waals surface area contributed by atoms with E-state index in [2.05, 4.69) is 20.6 Å². The molecule has 1 aromatic carbocycles. The molecule has 6 nitrogen and oxygen atoms in total. The molecule has 0 fully saturated rings. The van der Waals surface area contributed by atoms with E-state index in [9.17, 15) is 4.79 Å². The SMILES string of the molecule is C[N-]C(=O)c1sc2nc(C)c(Cl)c(C)c2c1-c1ccc2nonc2c1.[Rb+]. The maximum Gasteiger partial charge on any atom is 1.00 e. The van der Waals surface area contributed by atoms with E-state index >= 15 is 0 Å². The average Bonchev–Trinajstić information content (AvgIpc) is 3.22. The van der Waals surface area contributed by atoms with Gasteiger partial charge in [0.05, 0.1) is 21.5 Å². The van der Waals surface area contributed by atoms with E-state index in [1.165, 1.54) is 18.4 Å². The van der Waals surface area contributed by atoms with Crippen molar-refractivity contribution in [3.8, 4) is 11.1 Å². The number of rotatable bonds is 2. The van der Waals surface area contributed by atoms with Crippen LogP contribution in [0.2, 0.25) is 5.02 Å². The van der Waals surface area contributed by atoms with Crippen LogP contribution in [-0.4, -0.2) is 28.3 Å². The van der Waals surface area contributed by atoms with Gasteiger partial charge in [0.25, 0.3) is 0 Å². The van der Waals surface area contributed by atoms with E-state index in [1.54, 1.807) is 6.07 Å². The first-order valence-electron chi connectivity index (χ1n) is 7.47. The average molecular weight is 457 g/mol. The Balaban J connectivity index is 0.00000196. The summed E-state index contributed by atoms with van der Waals surface area (Å²) in [6, 6.07) is 5.53. The molecule has 3 aromatic heterocycles. The summed E-state index contributed by atoms with van der Waals surface area (Å²) < 4.78 is 4.77. The first-order valence-corrected chi connectivity index (χ1v) is 8.66. The summed E-state index contributed by atoms with van der Waals surface area (Å²) in [5.41, 5.74) is 4.50. The third-order valence-electron chi connectivity index (χ3n) is 4.12. The molecule has 1 amide bonds. The number of hydrogen-bond acceptors (Lipinski definition) is 6. The van der Waals surface area contributed by atoms with Gasteiger partial charge in [-0.05, 0) is 47.4 Å². The van der Waals surface area contributed by atoms with Gasteiger partial charge >= 0.3 is 58.2 Å². The topological polar surface area (TPSA) is 83.0 Å². The van der Waals surface area contributed by atoms with Crippen molar-refractivity contribution in [2.75, 3.05) is 7.05 Å². The molecule has 0 saturated carbocycles. The number of thiophene rings is 1. The van der Waals surface area contributed by atoms with Crippen LogP contribution in [-0.2, 0) is 0 Å². The minimum atomic E-state index is -0.287. The van der Waals surface area contributed by atoms with E-state index < -0.39 is 0 Å². The quantitative estimate of drug-likeness (QED) is 0.460. The molecule has 0 N–H and O–H groups in total. The monoisotopic (exact) mass is 456 g/mol. The van der Waals surface area contributed by atoms with E-state index in [0.29, 0.717) is 20.9 Å². The van der Waals surface area contributed by atoms with Gasteiger partial charge in [0, 0.05) is 10.9 Å². The van der Waals surface area contributed by atoms with Gasteiger partial charge in [0.2, 0.25) is 0 Å². The van der Waals surface area contributed by atoms with Gasteiger partial charge in [0.15, 0.2) is 0 Å². The minimum Gasteiger partial charge on any atom is -0.651 e. The smallest absolute Gasteiger partial charge is 0.651 e. The van der Waals surface area contributed by atoms with Crippen LogP contribution < -0.4 is 58.2 Å². The fourth-order valence-corrected chi connectivity index (χ4v) is 4.26. The Kier molecular flexibility index (Phi) is 5.96. The molecule has 4 rings (SSSR count). The largest absolute Gasteiger partial charge is 1.00 e. The summed E-state index contributed by atoms with van der Waals surface area (Å²) in [5.74, 6) is -0.287. The van der Waals surface area contributed by atoms with E-state index in [-0.39, 0.29) is 64.1 Å². The standard InChI is InChI=1S/C17H13ClN4O2S.Rb/c1-7-12-13(9-4-5-10-11(6-9)22-24-21-10)15(16(23)19-3)25-17(12)20-8(2)14(7)18;/h4-6H,1-3H3,(H,19,23);/q;+1/p-1. The predicted octanol–water partition coefficient (Wildman–Crippen LogP) is 1.92. The summed E-state index contributed by atoms with van der Waals surface area (Å²) in [4.78, 5) is 18.3. The second kappa shape index (κ2) is 7.73. The predicted molar refractivity (Wildman–Crippen MR) is 98.5 cm³/mol. The van der Waals surface area contributed by atoms with Crippen LogP contribution in [0.3, 0.4) is 0 Å². The number of benzene rings is 1. The van der Waals surface area contributed by atoms with Gasteiger partial charge in [-0.3, -0.25) is 0 Å². The molecule has 0 unspecified atom stereocenters. The fraction of sp³-hybridized carbons (Fsp3) is 0.176. The number of hydrogen-bond donors (Lipinski definition) is 0. The van der Waals surface area contributed by atoms with Crippen LogP contribution in [0.25, 0.3) is 37.7 Å². The van der Waals surface area contributed by atoms with Crippen molar-refractivity contribution in [3.05, 3.63) is 44.7 Å². The second-order valence-corrected chi connectivity index (χ2v) is 7.00. The molecule has 4 aromatic rings. The number of aryl methyl sites for hydroxylation is 2. The van der Waals surface area contributed by atoms with Crippen molar-refractivity contribution in [1.29, 1.82) is 0 Å². The maximum atomic E-state index is 12.4. The van der Waals surface area contributed by atoms with Crippen molar-refractivity contribution in [3.63, 3.8) is 0 Å². The van der Waals surface area contributed by atoms with Gasteiger partial charge in [0.1, 0.15) is 15.9 Å². The summed E-state index contributed by atoms with van der Waals surface area (Å²) in [5, 5.41) is 13.0. The van der Waals surface area contributed by atoms with Gasteiger partial charge in [-0.25, -0.2) is 9.61 Å². The Hall–Kier alpha value is -0.705. The zero-order chi connectivity index (χ0) is 17.7. The number of carbonyl (C=O) groups excluding carboxylic acids is 1. The van der Waals surface area contributed by atoms with Crippen LogP contribution in [0.4, 0.5) is 0 Å². The van der Waals surface area contributed by atoms with Gasteiger partial charge in [-0.1, -0.05) is 17.7 Å². The molecule has 26 heavy (non-hydrogen) atoms. The van der Waals surface area contributed by atoms with Crippen molar-refractivity contribution >= 4 is 50.1 Å². The number of nitrogens with zero attached hydrogens (tertiary/aromatic N) is 4. The van der Waals surface area contributed by atoms with E-state index in [1.807, 2.05) is 26.0 Å². The Bertz CT molecular complexity index is 1150. The number of carbonyl (C=O) groups is 1. The number of aromatic nitrogens is 3. The van der Waals surface area contributed by atoms with Crippen molar-refractivity contribution in [1.82, 2.24) is 15.3 Å². The van der Waals surface area contributed by atoms with Crippen LogP contribution in [0, 0.1) is 13.8 Å². The summed E-state index contributed by atoms with van der Waals surface area (Å²) >= 11 is 7.74. The Morgan fingerprint density at radius 1 is 1.23 bits per heavy atom. The van der Waals surface area contributed by atoms with Crippen LogP contribution >= 0.6 is 22.9 Å². The summed E-state index contributed by atoms with van der Waals surface area (Å²) in [6.07, 6.45) is 0. The zero-order valence-electron chi connectivity index (χ0n) is 14.6. The first-order chi connectivity index (χ1) is 12.0. The molecule has 126 valence electrons. The molecule has 0 spiro atoms. The van der Waals surface area contributed by atoms with Crippen molar-refractivity contribution < 1.29 is 67.6 Å². The van der Waals surface area contributed by atoms with Crippen LogP contribution in [0.15, 0.2) is 22.8 Å². The molecule has 0 aliphatic carbocycles. The Morgan fingerprint density at radius 2 is 1.96 bits per heavy atom. The normalized spacial score (nSPS) is 10.9. The number of fused-ring (bicyclic) bond motifs is 2. The molecule has 0 bridgehead atoms. The van der Waals surface area contributed by atoms with Crippen molar-refractivity contribution in [2.45, 2.75) is 13.8 Å². The fourth-order valence-electron chi connectivity index (χ4n) is 2.89. The Labute approximate surface area is 207 Å². The molecule has 0 radical (unpaired) electrons. The number of pyridine rings is 1. The molecular weight excluding hydrogens is 445 g/mol. The third kappa shape index (κ3) is 3.19. The molecule has 0 saturated heterocycles. The molecule has 0 aliphatic heterocycles. The molecule has 9 heteroatoms. The van der Waals surface area contributed by atoms with Gasteiger partial charge in [-0.15, -0.1) is 18.4 Å². The minimum absolute atomic E-state index is 0. The zero-order valence-corrected chi connectivity index (χ0v) is 21.1. The first kappa shape index (κ1) is 20.0. The molecular formula is C17H12ClN4O2RbS. The molecule has 0 atom stereocenters. The molecule has 3 heterocycles.